The predicted molar refractivity (Wildman–Crippen MR) is 57.2 cm³/mol. The van der Waals surface area contributed by atoms with E-state index in [4.69, 9.17) is 5.26 Å². The van der Waals surface area contributed by atoms with Crippen molar-refractivity contribution in [1.82, 2.24) is 10.2 Å². The Hall–Kier alpha value is -1.63. The lowest BCUT2D eigenvalue weighted by Crippen LogP contribution is -2.08. The number of nitriles is 1. The van der Waals surface area contributed by atoms with E-state index in [0.717, 1.165) is 5.92 Å². The molecule has 1 aromatic heterocycles. The summed E-state index contributed by atoms with van der Waals surface area (Å²) in [5, 5.41) is 19.9. The molecule has 0 bridgehead atoms. The van der Waals surface area contributed by atoms with Gasteiger partial charge in [0.25, 0.3) is 0 Å². The first kappa shape index (κ1) is 9.91. The van der Waals surface area contributed by atoms with Crippen molar-refractivity contribution in [3.05, 3.63) is 17.8 Å². The van der Waals surface area contributed by atoms with Gasteiger partial charge >= 0.3 is 0 Å². The topological polar surface area (TPSA) is 61.6 Å². The van der Waals surface area contributed by atoms with Crippen LogP contribution < -0.4 is 5.32 Å². The Morgan fingerprint density at radius 3 is 3.27 bits per heavy atom. The molecule has 1 aliphatic carbocycles. The fourth-order valence-electron chi connectivity index (χ4n) is 1.82. The van der Waals surface area contributed by atoms with Crippen molar-refractivity contribution in [2.45, 2.75) is 32.2 Å². The van der Waals surface area contributed by atoms with Gasteiger partial charge in [-0.2, -0.15) is 10.4 Å². The lowest BCUT2D eigenvalue weighted by atomic mass is 10.2. The summed E-state index contributed by atoms with van der Waals surface area (Å²) >= 11 is 0. The van der Waals surface area contributed by atoms with Crippen molar-refractivity contribution in [1.29, 1.82) is 5.26 Å². The highest BCUT2D eigenvalue weighted by Gasteiger charge is 2.36. The SMILES string of the molecule is CCCC1CC1Nc1nnccc1C#N. The molecule has 1 saturated carbocycles. The fourth-order valence-corrected chi connectivity index (χ4v) is 1.82. The number of hydrogen-bond donors (Lipinski definition) is 1. The highest BCUT2D eigenvalue weighted by Crippen LogP contribution is 2.37. The van der Waals surface area contributed by atoms with E-state index in [2.05, 4.69) is 28.5 Å². The highest BCUT2D eigenvalue weighted by molar-refractivity contribution is 5.51. The molecule has 0 saturated heterocycles. The van der Waals surface area contributed by atoms with Crippen molar-refractivity contribution >= 4 is 5.82 Å². The number of hydrogen-bond acceptors (Lipinski definition) is 4. The Morgan fingerprint density at radius 1 is 1.67 bits per heavy atom. The van der Waals surface area contributed by atoms with Crippen LogP contribution >= 0.6 is 0 Å². The van der Waals surface area contributed by atoms with Crippen LogP contribution in [0.25, 0.3) is 0 Å². The molecule has 1 N–H and O–H groups in total. The molecule has 1 heterocycles. The van der Waals surface area contributed by atoms with E-state index in [1.54, 1.807) is 12.3 Å². The lowest BCUT2D eigenvalue weighted by Gasteiger charge is -2.04. The van der Waals surface area contributed by atoms with Gasteiger partial charge in [-0.1, -0.05) is 13.3 Å². The standard InChI is InChI=1S/C11H14N4/c1-2-3-8-6-10(8)14-11-9(7-12)4-5-13-15-11/h4-5,8,10H,2-3,6H2,1H3,(H,14,15). The Bertz CT molecular complexity index is 382. The number of nitrogens with zero attached hydrogens (tertiary/aromatic N) is 3. The summed E-state index contributed by atoms with van der Waals surface area (Å²) < 4.78 is 0. The van der Waals surface area contributed by atoms with Crippen molar-refractivity contribution in [2.75, 3.05) is 5.32 Å². The van der Waals surface area contributed by atoms with Crippen molar-refractivity contribution in [3.8, 4) is 6.07 Å². The second kappa shape index (κ2) is 4.26. The molecule has 0 aliphatic heterocycles. The average molecular weight is 202 g/mol. The summed E-state index contributed by atoms with van der Waals surface area (Å²) in [5.74, 6) is 1.38. The zero-order chi connectivity index (χ0) is 10.7. The first-order valence-electron chi connectivity index (χ1n) is 5.33. The van der Waals surface area contributed by atoms with E-state index in [1.165, 1.54) is 19.3 Å². The molecule has 15 heavy (non-hydrogen) atoms. The average Bonchev–Trinajstić information content (AvgIpc) is 2.98. The molecule has 0 radical (unpaired) electrons. The monoisotopic (exact) mass is 202 g/mol. The van der Waals surface area contributed by atoms with E-state index < -0.39 is 0 Å². The van der Waals surface area contributed by atoms with Gasteiger partial charge < -0.3 is 5.32 Å². The quantitative estimate of drug-likeness (QED) is 0.810. The number of rotatable bonds is 4. The van der Waals surface area contributed by atoms with Crippen LogP contribution in [0.2, 0.25) is 0 Å². The molecule has 1 aromatic rings. The third-order valence-electron chi connectivity index (χ3n) is 2.75. The lowest BCUT2D eigenvalue weighted by molar-refractivity contribution is 0.691. The summed E-state index contributed by atoms with van der Waals surface area (Å²) in [7, 11) is 0. The number of aromatic nitrogens is 2. The fraction of sp³-hybridized carbons (Fsp3) is 0.545. The van der Waals surface area contributed by atoms with Crippen LogP contribution in [0.4, 0.5) is 5.82 Å². The molecule has 1 fully saturated rings. The molecule has 2 rings (SSSR count). The molecule has 4 nitrogen and oxygen atoms in total. The summed E-state index contributed by atoms with van der Waals surface area (Å²) in [4.78, 5) is 0. The second-order valence-corrected chi connectivity index (χ2v) is 3.94. The first-order valence-corrected chi connectivity index (χ1v) is 5.33. The normalized spacial score (nSPS) is 23.2. The second-order valence-electron chi connectivity index (χ2n) is 3.94. The Balaban J connectivity index is 1.98. The van der Waals surface area contributed by atoms with Crippen LogP contribution in [-0.2, 0) is 0 Å². The summed E-state index contributed by atoms with van der Waals surface area (Å²) in [6.07, 6.45) is 5.20. The van der Waals surface area contributed by atoms with Crippen molar-refractivity contribution in [2.24, 2.45) is 5.92 Å². The molecule has 1 aliphatic rings. The van der Waals surface area contributed by atoms with Gasteiger partial charge in [0.15, 0.2) is 5.82 Å². The maximum atomic E-state index is 8.86. The van der Waals surface area contributed by atoms with Gasteiger partial charge in [0.1, 0.15) is 6.07 Å². The Kier molecular flexibility index (Phi) is 2.82. The van der Waals surface area contributed by atoms with Gasteiger partial charge in [0.05, 0.1) is 11.8 Å². The summed E-state index contributed by atoms with van der Waals surface area (Å²) in [5.41, 5.74) is 0.576. The molecule has 4 heteroatoms. The Labute approximate surface area is 89.3 Å². The largest absolute Gasteiger partial charge is 0.364 e. The third-order valence-corrected chi connectivity index (χ3v) is 2.75. The third kappa shape index (κ3) is 2.24. The number of nitrogens with one attached hydrogen (secondary N) is 1. The summed E-state index contributed by atoms with van der Waals surface area (Å²) in [6, 6.07) is 4.29. The van der Waals surface area contributed by atoms with Gasteiger partial charge in [-0.15, -0.1) is 5.10 Å². The molecule has 2 unspecified atom stereocenters. The van der Waals surface area contributed by atoms with Crippen molar-refractivity contribution < 1.29 is 0 Å². The molecular weight excluding hydrogens is 188 g/mol. The molecule has 2 atom stereocenters. The first-order chi connectivity index (χ1) is 7.35. The van der Waals surface area contributed by atoms with E-state index >= 15 is 0 Å². The van der Waals surface area contributed by atoms with Gasteiger partial charge in [0, 0.05) is 6.04 Å². The van der Waals surface area contributed by atoms with E-state index in [9.17, 15) is 0 Å². The van der Waals surface area contributed by atoms with Crippen molar-refractivity contribution in [3.63, 3.8) is 0 Å². The molecule has 0 amide bonds. The van der Waals surface area contributed by atoms with Gasteiger partial charge in [-0.05, 0) is 24.8 Å². The molecule has 78 valence electrons. The maximum absolute atomic E-state index is 8.86. The molecule has 0 spiro atoms. The van der Waals surface area contributed by atoms with E-state index in [0.29, 0.717) is 17.4 Å². The van der Waals surface area contributed by atoms with E-state index in [-0.39, 0.29) is 0 Å². The Morgan fingerprint density at radius 2 is 2.53 bits per heavy atom. The minimum absolute atomic E-state index is 0.494. The smallest absolute Gasteiger partial charge is 0.166 e. The van der Waals surface area contributed by atoms with Crippen LogP contribution in [0.3, 0.4) is 0 Å². The minimum atomic E-state index is 0.494. The van der Waals surface area contributed by atoms with Gasteiger partial charge in [-0.25, -0.2) is 0 Å². The van der Waals surface area contributed by atoms with Crippen LogP contribution in [0.15, 0.2) is 12.3 Å². The minimum Gasteiger partial charge on any atom is -0.364 e. The molecular formula is C11H14N4. The zero-order valence-electron chi connectivity index (χ0n) is 8.77. The van der Waals surface area contributed by atoms with Crippen LogP contribution in [0, 0.1) is 17.2 Å². The maximum Gasteiger partial charge on any atom is 0.166 e. The van der Waals surface area contributed by atoms with Crippen LogP contribution in [0.5, 0.6) is 0 Å². The van der Waals surface area contributed by atoms with Crippen LogP contribution in [-0.4, -0.2) is 16.2 Å². The van der Waals surface area contributed by atoms with Crippen LogP contribution in [0.1, 0.15) is 31.7 Å². The zero-order valence-corrected chi connectivity index (χ0v) is 8.77. The molecule has 0 aromatic carbocycles. The number of anilines is 1. The van der Waals surface area contributed by atoms with E-state index in [1.807, 2.05) is 0 Å². The van der Waals surface area contributed by atoms with Gasteiger partial charge in [0.2, 0.25) is 0 Å². The summed E-state index contributed by atoms with van der Waals surface area (Å²) in [6.45, 7) is 2.19. The highest BCUT2D eigenvalue weighted by atomic mass is 15.2. The predicted octanol–water partition coefficient (Wildman–Crippen LogP) is 1.95. The van der Waals surface area contributed by atoms with Gasteiger partial charge in [-0.3, -0.25) is 0 Å².